The zero-order valence-corrected chi connectivity index (χ0v) is 9.33. The number of hydrogen-bond donors (Lipinski definition) is 2. The molecular formula is C11H23NO2. The van der Waals surface area contributed by atoms with E-state index in [0.29, 0.717) is 5.92 Å². The van der Waals surface area contributed by atoms with Gasteiger partial charge in [-0.1, -0.05) is 39.5 Å². The maximum absolute atomic E-state index is 10.5. The van der Waals surface area contributed by atoms with Crippen LogP contribution in [0.3, 0.4) is 0 Å². The van der Waals surface area contributed by atoms with Gasteiger partial charge in [-0.25, -0.2) is 0 Å². The Labute approximate surface area is 86.7 Å². The molecule has 3 nitrogen and oxygen atoms in total. The molecule has 14 heavy (non-hydrogen) atoms. The van der Waals surface area contributed by atoms with E-state index in [2.05, 4.69) is 13.8 Å². The Morgan fingerprint density at radius 2 is 2.00 bits per heavy atom. The van der Waals surface area contributed by atoms with Crippen molar-refractivity contribution in [3.8, 4) is 0 Å². The lowest BCUT2D eigenvalue weighted by Gasteiger charge is -2.20. The fourth-order valence-electron chi connectivity index (χ4n) is 1.75. The normalized spacial score (nSPS) is 15.1. The van der Waals surface area contributed by atoms with Crippen LogP contribution in [0.1, 0.15) is 52.4 Å². The Balaban J connectivity index is 3.80. The van der Waals surface area contributed by atoms with E-state index in [9.17, 15) is 4.79 Å². The molecule has 2 atom stereocenters. The highest BCUT2D eigenvalue weighted by molar-refractivity contribution is 5.67. The summed E-state index contributed by atoms with van der Waals surface area (Å²) in [5.41, 5.74) is 5.83. The van der Waals surface area contributed by atoms with Crippen LogP contribution in [0.4, 0.5) is 0 Å². The summed E-state index contributed by atoms with van der Waals surface area (Å²) in [5, 5.41) is 8.62. The van der Waals surface area contributed by atoms with Gasteiger partial charge in [-0.3, -0.25) is 4.79 Å². The van der Waals surface area contributed by atoms with Gasteiger partial charge in [0, 0.05) is 6.04 Å². The number of carbonyl (C=O) groups is 1. The van der Waals surface area contributed by atoms with Gasteiger partial charge in [-0.15, -0.1) is 0 Å². The highest BCUT2D eigenvalue weighted by atomic mass is 16.4. The van der Waals surface area contributed by atoms with Crippen LogP contribution in [0, 0.1) is 5.92 Å². The number of aliphatic carboxylic acids is 1. The van der Waals surface area contributed by atoms with Gasteiger partial charge in [-0.2, -0.15) is 0 Å². The summed E-state index contributed by atoms with van der Waals surface area (Å²) in [6.07, 6.45) is 5.74. The van der Waals surface area contributed by atoms with Crippen LogP contribution >= 0.6 is 0 Å². The second-order valence-electron chi connectivity index (χ2n) is 3.93. The minimum absolute atomic E-state index is 0.102. The molecule has 0 aliphatic heterocycles. The predicted molar refractivity (Wildman–Crippen MR) is 58.2 cm³/mol. The quantitative estimate of drug-likeness (QED) is 0.593. The molecule has 0 aromatic carbocycles. The molecule has 0 aliphatic rings. The molecule has 84 valence electrons. The second-order valence-corrected chi connectivity index (χ2v) is 3.93. The number of unbranched alkanes of at least 4 members (excludes halogenated alkanes) is 2. The molecule has 0 aromatic heterocycles. The zero-order chi connectivity index (χ0) is 11.0. The molecule has 0 rings (SSSR count). The monoisotopic (exact) mass is 201 g/mol. The van der Waals surface area contributed by atoms with Crippen molar-refractivity contribution in [2.45, 2.75) is 58.4 Å². The van der Waals surface area contributed by atoms with E-state index in [1.165, 1.54) is 19.3 Å². The molecule has 2 unspecified atom stereocenters. The summed E-state index contributed by atoms with van der Waals surface area (Å²) in [7, 11) is 0. The third-order valence-corrected chi connectivity index (χ3v) is 2.72. The van der Waals surface area contributed by atoms with Gasteiger partial charge in [-0.05, 0) is 12.3 Å². The SMILES string of the molecule is CCCCCC(CC)C(N)CC(=O)O. The Morgan fingerprint density at radius 3 is 2.43 bits per heavy atom. The van der Waals surface area contributed by atoms with Gasteiger partial charge in [0.15, 0.2) is 0 Å². The summed E-state index contributed by atoms with van der Waals surface area (Å²) in [4.78, 5) is 10.5. The third-order valence-electron chi connectivity index (χ3n) is 2.72. The van der Waals surface area contributed by atoms with Crippen molar-refractivity contribution >= 4 is 5.97 Å². The van der Waals surface area contributed by atoms with E-state index < -0.39 is 5.97 Å². The number of carboxylic acid groups (broad SMARTS) is 1. The lowest BCUT2D eigenvalue weighted by Crippen LogP contribution is -2.32. The van der Waals surface area contributed by atoms with E-state index in [-0.39, 0.29) is 12.5 Å². The van der Waals surface area contributed by atoms with Crippen molar-refractivity contribution in [1.82, 2.24) is 0 Å². The van der Waals surface area contributed by atoms with Crippen molar-refractivity contribution in [3.05, 3.63) is 0 Å². The first-order valence-electron chi connectivity index (χ1n) is 5.59. The Hall–Kier alpha value is -0.570. The van der Waals surface area contributed by atoms with Crippen molar-refractivity contribution in [2.75, 3.05) is 0 Å². The van der Waals surface area contributed by atoms with Crippen LogP contribution < -0.4 is 5.73 Å². The molecule has 0 heterocycles. The maximum Gasteiger partial charge on any atom is 0.304 e. The summed E-state index contributed by atoms with van der Waals surface area (Å²) in [6.45, 7) is 4.25. The van der Waals surface area contributed by atoms with Gasteiger partial charge in [0.2, 0.25) is 0 Å². The topological polar surface area (TPSA) is 63.3 Å². The standard InChI is InChI=1S/C11H23NO2/c1-3-5-6-7-9(4-2)10(12)8-11(13)14/h9-10H,3-8,12H2,1-2H3,(H,13,14). The lowest BCUT2D eigenvalue weighted by molar-refractivity contribution is -0.137. The van der Waals surface area contributed by atoms with Crippen LogP contribution in [0.25, 0.3) is 0 Å². The van der Waals surface area contributed by atoms with Gasteiger partial charge in [0.1, 0.15) is 0 Å². The summed E-state index contributed by atoms with van der Waals surface area (Å²) in [5.74, 6) is -0.413. The Bertz CT molecular complexity index is 159. The molecular weight excluding hydrogens is 178 g/mol. The largest absolute Gasteiger partial charge is 0.481 e. The summed E-state index contributed by atoms with van der Waals surface area (Å²) in [6, 6.07) is -0.172. The number of nitrogens with two attached hydrogens (primary N) is 1. The van der Waals surface area contributed by atoms with Crippen molar-refractivity contribution in [3.63, 3.8) is 0 Å². The van der Waals surface area contributed by atoms with Gasteiger partial charge >= 0.3 is 5.97 Å². The fraction of sp³-hybridized carbons (Fsp3) is 0.909. The second kappa shape index (κ2) is 7.80. The molecule has 0 aliphatic carbocycles. The first-order chi connectivity index (χ1) is 6.61. The Kier molecular flexibility index (Phi) is 7.48. The first kappa shape index (κ1) is 13.4. The first-order valence-corrected chi connectivity index (χ1v) is 5.59. The van der Waals surface area contributed by atoms with E-state index in [0.717, 1.165) is 12.8 Å². The Morgan fingerprint density at radius 1 is 1.36 bits per heavy atom. The number of hydrogen-bond acceptors (Lipinski definition) is 2. The molecule has 3 N–H and O–H groups in total. The summed E-state index contributed by atoms with van der Waals surface area (Å²) < 4.78 is 0. The van der Waals surface area contributed by atoms with Crippen LogP contribution in [0.2, 0.25) is 0 Å². The van der Waals surface area contributed by atoms with E-state index in [4.69, 9.17) is 10.8 Å². The highest BCUT2D eigenvalue weighted by Gasteiger charge is 2.17. The van der Waals surface area contributed by atoms with Crippen LogP contribution in [0.15, 0.2) is 0 Å². The highest BCUT2D eigenvalue weighted by Crippen LogP contribution is 2.18. The number of rotatable bonds is 8. The molecule has 0 bridgehead atoms. The van der Waals surface area contributed by atoms with Crippen LogP contribution in [-0.2, 0) is 4.79 Å². The van der Waals surface area contributed by atoms with Crippen LogP contribution in [-0.4, -0.2) is 17.1 Å². The van der Waals surface area contributed by atoms with Crippen molar-refractivity contribution < 1.29 is 9.90 Å². The number of carboxylic acids is 1. The predicted octanol–water partition coefficient (Wildman–Crippen LogP) is 2.39. The minimum atomic E-state index is -0.786. The molecule has 0 spiro atoms. The van der Waals surface area contributed by atoms with E-state index >= 15 is 0 Å². The van der Waals surface area contributed by atoms with E-state index in [1.807, 2.05) is 0 Å². The average Bonchev–Trinajstić information content (AvgIpc) is 2.11. The van der Waals surface area contributed by atoms with Crippen molar-refractivity contribution in [2.24, 2.45) is 11.7 Å². The lowest BCUT2D eigenvalue weighted by atomic mass is 9.90. The third kappa shape index (κ3) is 5.97. The minimum Gasteiger partial charge on any atom is -0.481 e. The smallest absolute Gasteiger partial charge is 0.304 e. The van der Waals surface area contributed by atoms with E-state index in [1.54, 1.807) is 0 Å². The van der Waals surface area contributed by atoms with Crippen LogP contribution in [0.5, 0.6) is 0 Å². The molecule has 0 radical (unpaired) electrons. The molecule has 0 amide bonds. The molecule has 0 saturated carbocycles. The fourth-order valence-corrected chi connectivity index (χ4v) is 1.75. The van der Waals surface area contributed by atoms with Gasteiger partial charge < -0.3 is 10.8 Å². The molecule has 0 aromatic rings. The molecule has 0 saturated heterocycles. The van der Waals surface area contributed by atoms with Gasteiger partial charge in [0.05, 0.1) is 6.42 Å². The maximum atomic E-state index is 10.5. The van der Waals surface area contributed by atoms with Gasteiger partial charge in [0.25, 0.3) is 0 Å². The summed E-state index contributed by atoms with van der Waals surface area (Å²) >= 11 is 0. The average molecular weight is 201 g/mol. The molecule has 3 heteroatoms. The van der Waals surface area contributed by atoms with Crippen molar-refractivity contribution in [1.29, 1.82) is 0 Å². The zero-order valence-electron chi connectivity index (χ0n) is 9.33. The molecule has 0 fully saturated rings.